The number of carbonyl (C=O) groups excluding carboxylic acids is 1. The second-order valence-electron chi connectivity index (χ2n) is 4.25. The van der Waals surface area contributed by atoms with E-state index < -0.39 is 5.41 Å². The second kappa shape index (κ2) is 4.62. The molecule has 0 radical (unpaired) electrons. The fourth-order valence-corrected chi connectivity index (χ4v) is 1.01. The Balaban J connectivity index is 2.59. The average molecular weight is 228 g/mol. The highest BCUT2D eigenvalue weighted by Crippen LogP contribution is 2.21. The van der Waals surface area contributed by atoms with Gasteiger partial charge in [-0.2, -0.15) is 0 Å². The first-order chi connectivity index (χ1) is 6.91. The summed E-state index contributed by atoms with van der Waals surface area (Å²) >= 11 is 5.77. The second-order valence-corrected chi connectivity index (χ2v) is 4.61. The van der Waals surface area contributed by atoms with Crippen LogP contribution in [0.1, 0.15) is 20.8 Å². The van der Waals surface area contributed by atoms with Crippen LogP contribution in [0.5, 0.6) is 5.75 Å². The zero-order valence-corrected chi connectivity index (χ0v) is 9.84. The molecule has 82 valence electrons. The standard InChI is InChI=1S/C11H14ClNO2/c1-11(2,3)9(14)7-15-8-5-4-6-13-10(8)12/h4-6H,7H2,1-3H3. The topological polar surface area (TPSA) is 39.2 Å². The summed E-state index contributed by atoms with van der Waals surface area (Å²) in [6, 6.07) is 3.40. The van der Waals surface area contributed by atoms with Crippen molar-refractivity contribution in [3.05, 3.63) is 23.5 Å². The number of carbonyl (C=O) groups is 1. The monoisotopic (exact) mass is 227 g/mol. The third-order valence-corrected chi connectivity index (χ3v) is 2.20. The molecule has 3 nitrogen and oxygen atoms in total. The summed E-state index contributed by atoms with van der Waals surface area (Å²) in [5.74, 6) is 0.471. The number of ketones is 1. The average Bonchev–Trinajstić information content (AvgIpc) is 2.14. The molecule has 0 saturated heterocycles. The molecule has 0 aliphatic carbocycles. The number of halogens is 1. The molecule has 0 saturated carbocycles. The van der Waals surface area contributed by atoms with Crippen LogP contribution >= 0.6 is 11.6 Å². The van der Waals surface area contributed by atoms with E-state index in [1.54, 1.807) is 18.3 Å². The number of Topliss-reactive ketones (excluding diaryl/α,β-unsaturated/α-hetero) is 1. The van der Waals surface area contributed by atoms with E-state index in [0.29, 0.717) is 5.75 Å². The summed E-state index contributed by atoms with van der Waals surface area (Å²) in [4.78, 5) is 15.4. The van der Waals surface area contributed by atoms with E-state index in [-0.39, 0.29) is 17.5 Å². The Morgan fingerprint density at radius 3 is 2.73 bits per heavy atom. The lowest BCUT2D eigenvalue weighted by Gasteiger charge is -2.16. The summed E-state index contributed by atoms with van der Waals surface area (Å²) in [7, 11) is 0. The molecule has 1 heterocycles. The fraction of sp³-hybridized carbons (Fsp3) is 0.455. The van der Waals surface area contributed by atoms with Gasteiger partial charge >= 0.3 is 0 Å². The number of pyridine rings is 1. The summed E-state index contributed by atoms with van der Waals surface area (Å²) in [6.07, 6.45) is 1.57. The Morgan fingerprint density at radius 2 is 2.20 bits per heavy atom. The molecule has 0 bridgehead atoms. The zero-order chi connectivity index (χ0) is 11.5. The maximum absolute atomic E-state index is 11.6. The maximum atomic E-state index is 11.6. The van der Waals surface area contributed by atoms with Gasteiger partial charge in [-0.25, -0.2) is 4.98 Å². The van der Waals surface area contributed by atoms with Crippen molar-refractivity contribution in [2.45, 2.75) is 20.8 Å². The maximum Gasteiger partial charge on any atom is 0.175 e. The van der Waals surface area contributed by atoms with Crippen molar-refractivity contribution in [1.29, 1.82) is 0 Å². The van der Waals surface area contributed by atoms with Gasteiger partial charge < -0.3 is 4.74 Å². The van der Waals surface area contributed by atoms with Crippen molar-refractivity contribution in [1.82, 2.24) is 4.98 Å². The Labute approximate surface area is 94.4 Å². The van der Waals surface area contributed by atoms with Gasteiger partial charge in [0, 0.05) is 11.6 Å². The number of hydrogen-bond acceptors (Lipinski definition) is 3. The van der Waals surface area contributed by atoms with Gasteiger partial charge in [0.1, 0.15) is 6.61 Å². The molecule has 0 aliphatic rings. The van der Waals surface area contributed by atoms with Crippen molar-refractivity contribution in [2.24, 2.45) is 5.41 Å². The van der Waals surface area contributed by atoms with Gasteiger partial charge in [0.25, 0.3) is 0 Å². The lowest BCUT2D eigenvalue weighted by atomic mass is 9.91. The molecule has 0 unspecified atom stereocenters. The van der Waals surface area contributed by atoms with Crippen LogP contribution in [-0.2, 0) is 4.79 Å². The van der Waals surface area contributed by atoms with Crippen molar-refractivity contribution < 1.29 is 9.53 Å². The highest BCUT2D eigenvalue weighted by molar-refractivity contribution is 6.30. The van der Waals surface area contributed by atoms with Gasteiger partial charge in [0.2, 0.25) is 0 Å². The van der Waals surface area contributed by atoms with Crippen LogP contribution < -0.4 is 4.74 Å². The van der Waals surface area contributed by atoms with E-state index in [4.69, 9.17) is 16.3 Å². The molecular weight excluding hydrogens is 214 g/mol. The molecule has 0 fully saturated rings. The van der Waals surface area contributed by atoms with Gasteiger partial charge in [-0.3, -0.25) is 4.79 Å². The van der Waals surface area contributed by atoms with Gasteiger partial charge in [0.05, 0.1) is 0 Å². The molecule has 0 spiro atoms. The molecule has 15 heavy (non-hydrogen) atoms. The zero-order valence-electron chi connectivity index (χ0n) is 9.08. The lowest BCUT2D eigenvalue weighted by Crippen LogP contribution is -2.26. The molecule has 1 aromatic rings. The van der Waals surface area contributed by atoms with Crippen molar-refractivity contribution in [2.75, 3.05) is 6.61 Å². The minimum atomic E-state index is -0.394. The van der Waals surface area contributed by atoms with Crippen molar-refractivity contribution >= 4 is 17.4 Å². The molecule has 0 aliphatic heterocycles. The van der Waals surface area contributed by atoms with E-state index in [1.807, 2.05) is 20.8 Å². The van der Waals surface area contributed by atoms with E-state index in [9.17, 15) is 4.79 Å². The van der Waals surface area contributed by atoms with Crippen LogP contribution in [0, 0.1) is 5.41 Å². The first-order valence-electron chi connectivity index (χ1n) is 4.68. The highest BCUT2D eigenvalue weighted by atomic mass is 35.5. The van der Waals surface area contributed by atoms with Gasteiger partial charge in [-0.15, -0.1) is 0 Å². The van der Waals surface area contributed by atoms with Crippen LogP contribution in [-0.4, -0.2) is 17.4 Å². The van der Waals surface area contributed by atoms with E-state index in [2.05, 4.69) is 4.98 Å². The summed E-state index contributed by atoms with van der Waals surface area (Å²) in [6.45, 7) is 5.57. The van der Waals surface area contributed by atoms with Crippen LogP contribution in [0.3, 0.4) is 0 Å². The first kappa shape index (κ1) is 12.0. The largest absolute Gasteiger partial charge is 0.483 e. The highest BCUT2D eigenvalue weighted by Gasteiger charge is 2.21. The molecular formula is C11H14ClNO2. The number of aromatic nitrogens is 1. The Bertz CT molecular complexity index is 358. The van der Waals surface area contributed by atoms with Crippen LogP contribution in [0.2, 0.25) is 5.15 Å². The normalized spacial score (nSPS) is 11.2. The molecule has 1 rings (SSSR count). The smallest absolute Gasteiger partial charge is 0.175 e. The van der Waals surface area contributed by atoms with Gasteiger partial charge in [0.15, 0.2) is 16.7 Å². The number of ether oxygens (including phenoxy) is 1. The van der Waals surface area contributed by atoms with Crippen LogP contribution in [0.4, 0.5) is 0 Å². The van der Waals surface area contributed by atoms with E-state index in [1.165, 1.54) is 0 Å². The number of nitrogens with zero attached hydrogens (tertiary/aromatic N) is 1. The van der Waals surface area contributed by atoms with Gasteiger partial charge in [-0.05, 0) is 12.1 Å². The third kappa shape index (κ3) is 3.51. The number of rotatable bonds is 3. The predicted molar refractivity (Wildman–Crippen MR) is 59.2 cm³/mol. The Morgan fingerprint density at radius 1 is 1.53 bits per heavy atom. The lowest BCUT2D eigenvalue weighted by molar-refractivity contribution is -0.128. The first-order valence-corrected chi connectivity index (χ1v) is 5.05. The summed E-state index contributed by atoms with van der Waals surface area (Å²) in [5.41, 5.74) is -0.394. The third-order valence-electron chi connectivity index (χ3n) is 1.92. The SMILES string of the molecule is CC(C)(C)C(=O)COc1cccnc1Cl. The minimum absolute atomic E-state index is 0.0227. The van der Waals surface area contributed by atoms with Crippen molar-refractivity contribution in [3.63, 3.8) is 0 Å². The molecule has 0 amide bonds. The predicted octanol–water partition coefficient (Wildman–Crippen LogP) is 2.73. The van der Waals surface area contributed by atoms with Crippen molar-refractivity contribution in [3.8, 4) is 5.75 Å². The molecule has 0 aromatic carbocycles. The summed E-state index contributed by atoms with van der Waals surface area (Å²) in [5, 5.41) is 0.277. The molecule has 1 aromatic heterocycles. The Hall–Kier alpha value is -1.09. The Kier molecular flexibility index (Phi) is 3.69. The minimum Gasteiger partial charge on any atom is -0.483 e. The van der Waals surface area contributed by atoms with E-state index >= 15 is 0 Å². The quantitative estimate of drug-likeness (QED) is 0.746. The molecule has 0 atom stereocenters. The number of hydrogen-bond donors (Lipinski definition) is 0. The molecule has 0 N–H and O–H groups in total. The molecule has 4 heteroatoms. The van der Waals surface area contributed by atoms with Crippen LogP contribution in [0.15, 0.2) is 18.3 Å². The van der Waals surface area contributed by atoms with Gasteiger partial charge in [-0.1, -0.05) is 32.4 Å². The van der Waals surface area contributed by atoms with E-state index in [0.717, 1.165) is 0 Å². The summed E-state index contributed by atoms with van der Waals surface area (Å²) < 4.78 is 5.28. The van der Waals surface area contributed by atoms with Crippen LogP contribution in [0.25, 0.3) is 0 Å². The fourth-order valence-electron chi connectivity index (χ4n) is 0.839.